The zero-order chi connectivity index (χ0) is 13.9. The van der Waals surface area contributed by atoms with Gasteiger partial charge in [0.2, 0.25) is 0 Å². The second-order valence-corrected chi connectivity index (χ2v) is 5.22. The molecule has 1 unspecified atom stereocenters. The summed E-state index contributed by atoms with van der Waals surface area (Å²) in [6.45, 7) is 2.57. The van der Waals surface area contributed by atoms with Crippen LogP contribution in [0.25, 0.3) is 0 Å². The number of nitrogens with one attached hydrogen (secondary N) is 1. The van der Waals surface area contributed by atoms with E-state index in [9.17, 15) is 9.59 Å². The van der Waals surface area contributed by atoms with Gasteiger partial charge in [0.05, 0.1) is 19.6 Å². The van der Waals surface area contributed by atoms with Crippen molar-refractivity contribution in [3.8, 4) is 0 Å². The predicted molar refractivity (Wildman–Crippen MR) is 65.9 cm³/mol. The third-order valence-corrected chi connectivity index (χ3v) is 3.77. The molecule has 2 rings (SSSR count). The maximum absolute atomic E-state index is 11.8. The van der Waals surface area contributed by atoms with Crippen LogP contribution in [0, 0.1) is 5.92 Å². The second-order valence-electron chi connectivity index (χ2n) is 5.22. The molecule has 0 bridgehead atoms. The van der Waals surface area contributed by atoms with Crippen molar-refractivity contribution in [3.05, 3.63) is 0 Å². The minimum atomic E-state index is -0.813. The average Bonchev–Trinajstić information content (AvgIpc) is 2.79. The van der Waals surface area contributed by atoms with Gasteiger partial charge in [-0.3, -0.25) is 4.79 Å². The second kappa shape index (κ2) is 5.75. The van der Waals surface area contributed by atoms with E-state index in [-0.39, 0.29) is 18.4 Å². The van der Waals surface area contributed by atoms with Gasteiger partial charge < -0.3 is 24.8 Å². The highest BCUT2D eigenvalue weighted by Crippen LogP contribution is 2.22. The largest absolute Gasteiger partial charge is 0.481 e. The van der Waals surface area contributed by atoms with Gasteiger partial charge in [0.25, 0.3) is 0 Å². The molecule has 7 nitrogen and oxygen atoms in total. The van der Waals surface area contributed by atoms with E-state index < -0.39 is 11.6 Å². The van der Waals surface area contributed by atoms with Crippen molar-refractivity contribution in [1.82, 2.24) is 10.2 Å². The smallest absolute Gasteiger partial charge is 0.317 e. The highest BCUT2D eigenvalue weighted by Gasteiger charge is 2.37. The Morgan fingerprint density at radius 3 is 2.79 bits per heavy atom. The summed E-state index contributed by atoms with van der Waals surface area (Å²) in [7, 11) is 1.62. The SMILES string of the molecule is COC1(CNC(=O)N2CC(CC(=O)O)C2)CCOC1. The van der Waals surface area contributed by atoms with Crippen LogP contribution in [-0.2, 0) is 14.3 Å². The molecule has 0 aliphatic carbocycles. The Kier molecular flexibility index (Phi) is 4.26. The van der Waals surface area contributed by atoms with Gasteiger partial charge in [-0.05, 0) is 0 Å². The van der Waals surface area contributed by atoms with E-state index in [0.717, 1.165) is 6.42 Å². The van der Waals surface area contributed by atoms with Gasteiger partial charge in [0.15, 0.2) is 0 Å². The highest BCUT2D eigenvalue weighted by atomic mass is 16.5. The Labute approximate surface area is 111 Å². The standard InChI is InChI=1S/C12H20N2O5/c1-18-12(2-3-19-8-12)7-13-11(17)14-5-9(6-14)4-10(15)16/h9H,2-8H2,1H3,(H,13,17)(H,15,16). The molecule has 0 radical (unpaired) electrons. The average molecular weight is 272 g/mol. The van der Waals surface area contributed by atoms with Crippen molar-refractivity contribution in [2.24, 2.45) is 5.92 Å². The normalized spacial score (nSPS) is 27.1. The van der Waals surface area contributed by atoms with E-state index in [0.29, 0.717) is 32.8 Å². The minimum absolute atomic E-state index is 0.0782. The number of carbonyl (C=O) groups is 2. The van der Waals surface area contributed by atoms with Gasteiger partial charge in [0, 0.05) is 39.1 Å². The first-order valence-electron chi connectivity index (χ1n) is 6.42. The lowest BCUT2D eigenvalue weighted by atomic mass is 9.97. The number of carboxylic acids is 1. The van der Waals surface area contributed by atoms with Crippen molar-refractivity contribution < 1.29 is 24.2 Å². The number of hydrogen-bond donors (Lipinski definition) is 2. The van der Waals surface area contributed by atoms with Crippen molar-refractivity contribution in [2.75, 3.05) is 40.0 Å². The molecule has 2 saturated heterocycles. The number of likely N-dealkylation sites (tertiary alicyclic amines) is 1. The molecular weight excluding hydrogens is 252 g/mol. The van der Waals surface area contributed by atoms with Crippen LogP contribution in [0.2, 0.25) is 0 Å². The third kappa shape index (κ3) is 3.36. The van der Waals surface area contributed by atoms with Gasteiger partial charge >= 0.3 is 12.0 Å². The number of rotatable bonds is 5. The minimum Gasteiger partial charge on any atom is -0.481 e. The zero-order valence-electron chi connectivity index (χ0n) is 11.1. The number of amides is 2. The van der Waals surface area contributed by atoms with Crippen molar-refractivity contribution in [2.45, 2.75) is 18.4 Å². The fourth-order valence-electron chi connectivity index (χ4n) is 2.42. The highest BCUT2D eigenvalue weighted by molar-refractivity contribution is 5.75. The molecule has 108 valence electrons. The first-order chi connectivity index (χ1) is 9.04. The van der Waals surface area contributed by atoms with Gasteiger partial charge in [-0.2, -0.15) is 0 Å². The summed E-state index contributed by atoms with van der Waals surface area (Å²) in [6, 6.07) is -0.162. The summed E-state index contributed by atoms with van der Waals surface area (Å²) in [6.07, 6.45) is 0.894. The topological polar surface area (TPSA) is 88.1 Å². The molecule has 19 heavy (non-hydrogen) atoms. The number of ether oxygens (including phenoxy) is 2. The van der Waals surface area contributed by atoms with Crippen LogP contribution in [-0.4, -0.2) is 67.6 Å². The number of carboxylic acid groups (broad SMARTS) is 1. The zero-order valence-corrected chi connectivity index (χ0v) is 11.1. The molecule has 2 amide bonds. The molecule has 2 fully saturated rings. The van der Waals surface area contributed by atoms with E-state index in [1.165, 1.54) is 0 Å². The Hall–Kier alpha value is -1.34. The molecule has 7 heteroatoms. The Morgan fingerprint density at radius 1 is 1.53 bits per heavy atom. The molecule has 0 aromatic heterocycles. The molecule has 0 aromatic rings. The van der Waals surface area contributed by atoms with E-state index >= 15 is 0 Å². The molecule has 2 N–H and O–H groups in total. The summed E-state index contributed by atoms with van der Waals surface area (Å²) in [5, 5.41) is 11.5. The van der Waals surface area contributed by atoms with Crippen LogP contribution >= 0.6 is 0 Å². The molecule has 0 aromatic carbocycles. The Morgan fingerprint density at radius 2 is 2.26 bits per heavy atom. The number of carbonyl (C=O) groups excluding carboxylic acids is 1. The number of aliphatic carboxylic acids is 1. The Bertz CT molecular complexity index is 348. The first-order valence-corrected chi connectivity index (χ1v) is 6.42. The monoisotopic (exact) mass is 272 g/mol. The lowest BCUT2D eigenvalue weighted by molar-refractivity contribution is -0.139. The van der Waals surface area contributed by atoms with E-state index in [1.807, 2.05) is 0 Å². The number of hydrogen-bond acceptors (Lipinski definition) is 4. The summed E-state index contributed by atoms with van der Waals surface area (Å²) in [5.74, 6) is -0.735. The van der Waals surface area contributed by atoms with Crippen LogP contribution in [0.5, 0.6) is 0 Å². The van der Waals surface area contributed by atoms with Crippen LogP contribution in [0.3, 0.4) is 0 Å². The molecule has 0 saturated carbocycles. The molecule has 0 spiro atoms. The van der Waals surface area contributed by atoms with Crippen molar-refractivity contribution in [1.29, 1.82) is 0 Å². The van der Waals surface area contributed by atoms with Gasteiger partial charge in [-0.1, -0.05) is 0 Å². The molecule has 2 heterocycles. The maximum Gasteiger partial charge on any atom is 0.317 e. The van der Waals surface area contributed by atoms with Crippen LogP contribution in [0.1, 0.15) is 12.8 Å². The van der Waals surface area contributed by atoms with Gasteiger partial charge in [-0.25, -0.2) is 4.79 Å². The number of urea groups is 1. The van der Waals surface area contributed by atoms with Crippen LogP contribution in [0.4, 0.5) is 4.79 Å². The summed E-state index contributed by atoms with van der Waals surface area (Å²) < 4.78 is 10.7. The summed E-state index contributed by atoms with van der Waals surface area (Å²) >= 11 is 0. The number of nitrogens with zero attached hydrogens (tertiary/aromatic N) is 1. The summed E-state index contributed by atoms with van der Waals surface area (Å²) in [5.41, 5.74) is -0.416. The van der Waals surface area contributed by atoms with Crippen molar-refractivity contribution >= 4 is 12.0 Å². The van der Waals surface area contributed by atoms with E-state index in [1.54, 1.807) is 12.0 Å². The maximum atomic E-state index is 11.8. The lowest BCUT2D eigenvalue weighted by Crippen LogP contribution is -2.56. The fraction of sp³-hybridized carbons (Fsp3) is 0.833. The number of methoxy groups -OCH3 is 1. The van der Waals surface area contributed by atoms with Crippen LogP contribution in [0.15, 0.2) is 0 Å². The van der Waals surface area contributed by atoms with Gasteiger partial charge in [-0.15, -0.1) is 0 Å². The molecular formula is C12H20N2O5. The molecule has 2 aliphatic heterocycles. The quantitative estimate of drug-likeness (QED) is 0.730. The molecule has 2 aliphatic rings. The lowest BCUT2D eigenvalue weighted by Gasteiger charge is -2.39. The fourth-order valence-corrected chi connectivity index (χ4v) is 2.42. The predicted octanol–water partition coefficient (Wildman–Crippen LogP) is -0.0920. The van der Waals surface area contributed by atoms with E-state index in [2.05, 4.69) is 5.32 Å². The van der Waals surface area contributed by atoms with Crippen molar-refractivity contribution in [3.63, 3.8) is 0 Å². The van der Waals surface area contributed by atoms with Gasteiger partial charge in [0.1, 0.15) is 5.60 Å². The van der Waals surface area contributed by atoms with E-state index in [4.69, 9.17) is 14.6 Å². The summed E-state index contributed by atoms with van der Waals surface area (Å²) in [4.78, 5) is 24.0. The first kappa shape index (κ1) is 14.1. The molecule has 1 atom stereocenters. The third-order valence-electron chi connectivity index (χ3n) is 3.77. The Balaban J connectivity index is 1.70. The van der Waals surface area contributed by atoms with Crippen LogP contribution < -0.4 is 5.32 Å².